The molecule has 0 saturated carbocycles. The van der Waals surface area contributed by atoms with E-state index in [0.29, 0.717) is 24.6 Å². The third-order valence-electron chi connectivity index (χ3n) is 6.02. The average Bonchev–Trinajstić information content (AvgIpc) is 3.38. The number of carbonyl (C=O) groups excluding carboxylic acids is 1. The van der Waals surface area contributed by atoms with E-state index >= 15 is 0 Å². The van der Waals surface area contributed by atoms with Crippen LogP contribution in [0.4, 0.5) is 0 Å². The maximum atomic E-state index is 12.7. The second kappa shape index (κ2) is 8.31. The lowest BCUT2D eigenvalue weighted by molar-refractivity contribution is 0.0707. The van der Waals surface area contributed by atoms with Gasteiger partial charge in [0.1, 0.15) is 17.4 Å². The van der Waals surface area contributed by atoms with E-state index in [9.17, 15) is 9.90 Å². The normalized spacial score (nSPS) is 18.7. The molecule has 1 aromatic carbocycles. The van der Waals surface area contributed by atoms with Gasteiger partial charge in [0.05, 0.1) is 12.1 Å². The SMILES string of the molecule is CCn1c(CN2CCCC2)nnc1C1CCN(C(=O)c2ccccc2O)CC1. The highest BCUT2D eigenvalue weighted by molar-refractivity contribution is 5.96. The fraction of sp³-hybridized carbons (Fsp3) is 0.571. The van der Waals surface area contributed by atoms with E-state index in [4.69, 9.17) is 0 Å². The van der Waals surface area contributed by atoms with E-state index in [2.05, 4.69) is 26.6 Å². The molecule has 1 amide bonds. The molecule has 0 atom stereocenters. The molecule has 2 aliphatic heterocycles. The van der Waals surface area contributed by atoms with Crippen molar-refractivity contribution in [3.63, 3.8) is 0 Å². The molecule has 2 saturated heterocycles. The molecule has 1 N–H and O–H groups in total. The van der Waals surface area contributed by atoms with Crippen molar-refractivity contribution in [2.75, 3.05) is 26.2 Å². The molecule has 2 aromatic rings. The Kier molecular flexibility index (Phi) is 5.62. The summed E-state index contributed by atoms with van der Waals surface area (Å²) >= 11 is 0. The average molecular weight is 383 g/mol. The van der Waals surface area contributed by atoms with Gasteiger partial charge in [-0.1, -0.05) is 12.1 Å². The number of rotatable bonds is 5. The van der Waals surface area contributed by atoms with Crippen molar-refractivity contribution < 1.29 is 9.90 Å². The van der Waals surface area contributed by atoms with Crippen LogP contribution in [-0.4, -0.2) is 61.8 Å². The highest BCUT2D eigenvalue weighted by Crippen LogP contribution is 2.29. The molecule has 0 radical (unpaired) electrons. The summed E-state index contributed by atoms with van der Waals surface area (Å²) in [5, 5.41) is 19.0. The van der Waals surface area contributed by atoms with E-state index in [1.807, 2.05) is 4.90 Å². The Balaban J connectivity index is 1.41. The van der Waals surface area contributed by atoms with E-state index in [1.165, 1.54) is 12.8 Å². The fourth-order valence-corrected chi connectivity index (χ4v) is 4.42. The number of nitrogens with zero attached hydrogens (tertiary/aromatic N) is 5. The van der Waals surface area contributed by atoms with Crippen LogP contribution < -0.4 is 0 Å². The van der Waals surface area contributed by atoms with E-state index in [1.54, 1.807) is 24.3 Å². The number of likely N-dealkylation sites (tertiary alicyclic amines) is 2. The highest BCUT2D eigenvalue weighted by Gasteiger charge is 2.29. The molecule has 0 unspecified atom stereocenters. The molecule has 2 aliphatic rings. The maximum absolute atomic E-state index is 12.7. The number of aromatic nitrogens is 3. The lowest BCUT2D eigenvalue weighted by Crippen LogP contribution is -2.38. The quantitative estimate of drug-likeness (QED) is 0.859. The van der Waals surface area contributed by atoms with Crippen LogP contribution in [0, 0.1) is 0 Å². The number of hydrogen-bond acceptors (Lipinski definition) is 5. The Morgan fingerprint density at radius 3 is 2.50 bits per heavy atom. The van der Waals surface area contributed by atoms with Gasteiger partial charge in [0, 0.05) is 25.6 Å². The number of hydrogen-bond donors (Lipinski definition) is 1. The summed E-state index contributed by atoms with van der Waals surface area (Å²) < 4.78 is 2.27. The zero-order valence-corrected chi connectivity index (χ0v) is 16.5. The predicted octanol–water partition coefficient (Wildman–Crippen LogP) is 2.62. The van der Waals surface area contributed by atoms with Crippen LogP contribution in [0.5, 0.6) is 5.75 Å². The lowest BCUT2D eigenvalue weighted by Gasteiger charge is -2.32. The Morgan fingerprint density at radius 1 is 1.11 bits per heavy atom. The number of phenols is 1. The molecule has 2 fully saturated rings. The number of carbonyl (C=O) groups is 1. The monoisotopic (exact) mass is 383 g/mol. The van der Waals surface area contributed by atoms with E-state index in [-0.39, 0.29) is 11.7 Å². The number of amides is 1. The third kappa shape index (κ3) is 3.76. The Bertz CT molecular complexity index is 820. The highest BCUT2D eigenvalue weighted by atomic mass is 16.3. The first kappa shape index (κ1) is 18.9. The minimum absolute atomic E-state index is 0.0481. The standard InChI is InChI=1S/C21H29N5O2/c1-2-26-19(15-24-11-5-6-12-24)22-23-20(26)16-9-13-25(14-10-16)21(28)17-7-3-4-8-18(17)27/h3-4,7-8,16,27H,2,5-6,9-15H2,1H3. The van der Waals surface area contributed by atoms with Crippen LogP contribution >= 0.6 is 0 Å². The minimum Gasteiger partial charge on any atom is -0.507 e. The molecular weight excluding hydrogens is 354 g/mol. The van der Waals surface area contributed by atoms with Crippen LogP contribution in [0.25, 0.3) is 0 Å². The summed E-state index contributed by atoms with van der Waals surface area (Å²) in [7, 11) is 0. The second-order valence-corrected chi connectivity index (χ2v) is 7.79. The van der Waals surface area contributed by atoms with Crippen molar-refractivity contribution in [1.82, 2.24) is 24.6 Å². The van der Waals surface area contributed by atoms with Crippen molar-refractivity contribution in [3.8, 4) is 5.75 Å². The number of para-hydroxylation sites is 1. The third-order valence-corrected chi connectivity index (χ3v) is 6.02. The fourth-order valence-electron chi connectivity index (χ4n) is 4.42. The van der Waals surface area contributed by atoms with Crippen LogP contribution in [0.15, 0.2) is 24.3 Å². The molecule has 0 bridgehead atoms. The Morgan fingerprint density at radius 2 is 1.82 bits per heavy atom. The van der Waals surface area contributed by atoms with Crippen LogP contribution in [0.2, 0.25) is 0 Å². The first-order valence-corrected chi connectivity index (χ1v) is 10.4. The van der Waals surface area contributed by atoms with Crippen molar-refractivity contribution in [2.45, 2.75) is 51.6 Å². The summed E-state index contributed by atoms with van der Waals surface area (Å²) in [6.45, 7) is 7.56. The van der Waals surface area contributed by atoms with Gasteiger partial charge >= 0.3 is 0 Å². The molecule has 0 aliphatic carbocycles. The van der Waals surface area contributed by atoms with Gasteiger partial charge in [-0.05, 0) is 57.8 Å². The topological polar surface area (TPSA) is 74.5 Å². The molecule has 3 heterocycles. The summed E-state index contributed by atoms with van der Waals surface area (Å²) in [5.41, 5.74) is 0.380. The first-order chi connectivity index (χ1) is 13.7. The van der Waals surface area contributed by atoms with Crippen molar-refractivity contribution in [3.05, 3.63) is 41.5 Å². The zero-order valence-electron chi connectivity index (χ0n) is 16.5. The van der Waals surface area contributed by atoms with Gasteiger partial charge in [-0.3, -0.25) is 9.69 Å². The van der Waals surface area contributed by atoms with Gasteiger partial charge in [-0.15, -0.1) is 10.2 Å². The van der Waals surface area contributed by atoms with Gasteiger partial charge in [0.2, 0.25) is 0 Å². The second-order valence-electron chi connectivity index (χ2n) is 7.79. The van der Waals surface area contributed by atoms with Crippen molar-refractivity contribution in [2.24, 2.45) is 0 Å². The van der Waals surface area contributed by atoms with Crippen LogP contribution in [0.3, 0.4) is 0 Å². The summed E-state index contributed by atoms with van der Waals surface area (Å²) in [5.74, 6) is 2.40. The zero-order chi connectivity index (χ0) is 19.5. The molecule has 0 spiro atoms. The van der Waals surface area contributed by atoms with E-state index in [0.717, 1.165) is 50.7 Å². The van der Waals surface area contributed by atoms with Crippen LogP contribution in [-0.2, 0) is 13.1 Å². The van der Waals surface area contributed by atoms with Gasteiger partial charge in [0.25, 0.3) is 5.91 Å². The number of benzene rings is 1. The predicted molar refractivity (Wildman–Crippen MR) is 106 cm³/mol. The molecule has 7 nitrogen and oxygen atoms in total. The van der Waals surface area contributed by atoms with Gasteiger partial charge < -0.3 is 14.6 Å². The summed E-state index contributed by atoms with van der Waals surface area (Å²) in [6, 6.07) is 6.76. The first-order valence-electron chi connectivity index (χ1n) is 10.4. The largest absolute Gasteiger partial charge is 0.507 e. The van der Waals surface area contributed by atoms with Gasteiger partial charge in [0.15, 0.2) is 0 Å². The lowest BCUT2D eigenvalue weighted by atomic mass is 9.95. The molecule has 150 valence electrons. The van der Waals surface area contributed by atoms with Gasteiger partial charge in [-0.2, -0.15) is 0 Å². The number of piperidine rings is 1. The molecule has 7 heteroatoms. The summed E-state index contributed by atoms with van der Waals surface area (Å²) in [6.07, 6.45) is 4.30. The number of aromatic hydroxyl groups is 1. The van der Waals surface area contributed by atoms with Gasteiger partial charge in [-0.25, -0.2) is 0 Å². The number of phenolic OH excluding ortho intramolecular Hbond substituents is 1. The molecule has 28 heavy (non-hydrogen) atoms. The maximum Gasteiger partial charge on any atom is 0.257 e. The smallest absolute Gasteiger partial charge is 0.257 e. The van der Waals surface area contributed by atoms with E-state index < -0.39 is 0 Å². The molecular formula is C21H29N5O2. The van der Waals surface area contributed by atoms with Crippen molar-refractivity contribution in [1.29, 1.82) is 0 Å². The Hall–Kier alpha value is -2.41. The minimum atomic E-state index is -0.0942. The molecule has 4 rings (SSSR count). The summed E-state index contributed by atoms with van der Waals surface area (Å²) in [4.78, 5) is 17.0. The van der Waals surface area contributed by atoms with Crippen molar-refractivity contribution >= 4 is 5.91 Å². The Labute approximate surface area is 166 Å². The molecule has 1 aromatic heterocycles. The van der Waals surface area contributed by atoms with Crippen LogP contribution in [0.1, 0.15) is 60.5 Å².